The first-order chi connectivity index (χ1) is 12.5. The van der Waals surface area contributed by atoms with Crippen molar-refractivity contribution < 1.29 is 9.53 Å². The fraction of sp³-hybridized carbons (Fsp3) is 0.409. The molecule has 5 heteroatoms. The molecule has 0 aromatic heterocycles. The summed E-state index contributed by atoms with van der Waals surface area (Å²) < 4.78 is 5.63. The van der Waals surface area contributed by atoms with Gasteiger partial charge in [-0.2, -0.15) is 0 Å². The van der Waals surface area contributed by atoms with E-state index in [-0.39, 0.29) is 35.9 Å². The summed E-state index contributed by atoms with van der Waals surface area (Å²) in [7, 11) is 0. The van der Waals surface area contributed by atoms with Crippen LogP contribution in [0.25, 0.3) is 11.1 Å². The van der Waals surface area contributed by atoms with Crippen molar-refractivity contribution in [2.75, 3.05) is 13.2 Å². The van der Waals surface area contributed by atoms with Gasteiger partial charge in [-0.3, -0.25) is 0 Å². The van der Waals surface area contributed by atoms with Gasteiger partial charge in [0.2, 0.25) is 0 Å². The van der Waals surface area contributed by atoms with Crippen LogP contribution in [0, 0.1) is 11.3 Å². The number of carbonyl (C=O) groups excluding carboxylic acids is 1. The molecule has 144 valence electrons. The lowest BCUT2D eigenvalue weighted by Crippen LogP contribution is -2.60. The summed E-state index contributed by atoms with van der Waals surface area (Å²) in [5.41, 5.74) is 10.8. The lowest BCUT2D eigenvalue weighted by atomic mass is 9.58. The fourth-order valence-corrected chi connectivity index (χ4v) is 4.44. The van der Waals surface area contributed by atoms with Crippen LogP contribution in [0.4, 0.5) is 4.79 Å². The number of nitrogens with one attached hydrogen (secondary N) is 1. The van der Waals surface area contributed by atoms with Crippen LogP contribution < -0.4 is 11.1 Å². The summed E-state index contributed by atoms with van der Waals surface area (Å²) in [6, 6.07) is 16.9. The number of rotatable bonds is 4. The van der Waals surface area contributed by atoms with Crippen molar-refractivity contribution in [3.63, 3.8) is 0 Å². The molecular formula is C22H27ClN2O2. The molecule has 0 saturated heterocycles. The van der Waals surface area contributed by atoms with Gasteiger partial charge in [0.15, 0.2) is 0 Å². The zero-order valence-corrected chi connectivity index (χ0v) is 16.6. The van der Waals surface area contributed by atoms with Crippen LogP contribution in [0.5, 0.6) is 0 Å². The number of carbonyl (C=O) groups is 1. The van der Waals surface area contributed by atoms with Gasteiger partial charge in [0, 0.05) is 12.0 Å². The largest absolute Gasteiger partial charge is 0.449 e. The topological polar surface area (TPSA) is 64.3 Å². The van der Waals surface area contributed by atoms with E-state index >= 15 is 0 Å². The SMILES string of the molecule is CC1(C)[C@@H](CN)C[C@H]1NC(=O)OCC1c2ccccc2-c2ccccc21.Cl. The third-order valence-electron chi connectivity index (χ3n) is 6.39. The smallest absolute Gasteiger partial charge is 0.407 e. The number of nitrogens with two attached hydrogens (primary N) is 1. The third kappa shape index (κ3) is 3.32. The van der Waals surface area contributed by atoms with Crippen LogP contribution in [0.1, 0.15) is 37.3 Å². The average molecular weight is 387 g/mol. The van der Waals surface area contributed by atoms with Gasteiger partial charge in [-0.15, -0.1) is 12.4 Å². The second-order valence-corrected chi connectivity index (χ2v) is 8.01. The number of alkyl carbamates (subject to hydrolysis) is 1. The first kappa shape index (κ1) is 19.7. The zero-order valence-electron chi connectivity index (χ0n) is 15.8. The Morgan fingerprint density at radius 3 is 2.19 bits per heavy atom. The van der Waals surface area contributed by atoms with E-state index in [1.54, 1.807) is 0 Å². The normalized spacial score (nSPS) is 22.0. The lowest BCUT2D eigenvalue weighted by molar-refractivity contribution is 0.0178. The summed E-state index contributed by atoms with van der Waals surface area (Å²) in [6.07, 6.45) is 0.591. The average Bonchev–Trinajstić information content (AvgIpc) is 2.97. The number of hydrogen-bond donors (Lipinski definition) is 2. The number of halogens is 1. The third-order valence-corrected chi connectivity index (χ3v) is 6.39. The second kappa shape index (κ2) is 7.53. The Balaban J connectivity index is 0.00000210. The molecule has 0 heterocycles. The van der Waals surface area contributed by atoms with Crippen LogP contribution >= 0.6 is 12.4 Å². The van der Waals surface area contributed by atoms with Crippen LogP contribution in [0.3, 0.4) is 0 Å². The van der Waals surface area contributed by atoms with Gasteiger partial charge in [-0.25, -0.2) is 4.79 Å². The number of hydrogen-bond acceptors (Lipinski definition) is 3. The molecule has 1 saturated carbocycles. The zero-order chi connectivity index (χ0) is 18.3. The molecule has 2 aliphatic carbocycles. The predicted octanol–water partition coefficient (Wildman–Crippen LogP) is 4.32. The van der Waals surface area contributed by atoms with E-state index < -0.39 is 0 Å². The van der Waals surface area contributed by atoms with Crippen molar-refractivity contribution in [3.8, 4) is 11.1 Å². The van der Waals surface area contributed by atoms with E-state index in [0.29, 0.717) is 19.1 Å². The van der Waals surface area contributed by atoms with Gasteiger partial charge >= 0.3 is 6.09 Å². The Morgan fingerprint density at radius 1 is 1.11 bits per heavy atom. The maximum absolute atomic E-state index is 12.3. The van der Waals surface area contributed by atoms with Gasteiger partial charge in [-0.05, 0) is 46.6 Å². The second-order valence-electron chi connectivity index (χ2n) is 8.01. The molecule has 0 unspecified atom stereocenters. The Labute approximate surface area is 166 Å². The highest BCUT2D eigenvalue weighted by Crippen LogP contribution is 2.46. The molecule has 2 aromatic carbocycles. The number of amides is 1. The Kier molecular flexibility index (Phi) is 5.50. The molecule has 1 fully saturated rings. The summed E-state index contributed by atoms with van der Waals surface area (Å²) in [5, 5.41) is 3.03. The van der Waals surface area contributed by atoms with Crippen LogP contribution in [0.15, 0.2) is 48.5 Å². The van der Waals surface area contributed by atoms with Crippen molar-refractivity contribution in [1.29, 1.82) is 0 Å². The molecule has 1 amide bonds. The molecule has 27 heavy (non-hydrogen) atoms. The van der Waals surface area contributed by atoms with Crippen molar-refractivity contribution in [1.82, 2.24) is 5.32 Å². The molecule has 0 aliphatic heterocycles. The van der Waals surface area contributed by atoms with E-state index in [0.717, 1.165) is 6.42 Å². The van der Waals surface area contributed by atoms with Gasteiger partial charge in [-0.1, -0.05) is 62.4 Å². The molecule has 4 rings (SSSR count). The van der Waals surface area contributed by atoms with E-state index in [9.17, 15) is 4.79 Å². The molecule has 0 radical (unpaired) electrons. The van der Waals surface area contributed by atoms with Crippen LogP contribution in [-0.4, -0.2) is 25.3 Å². The van der Waals surface area contributed by atoms with E-state index in [2.05, 4.69) is 55.6 Å². The maximum atomic E-state index is 12.3. The highest BCUT2D eigenvalue weighted by molar-refractivity contribution is 5.85. The number of ether oxygens (including phenoxy) is 1. The van der Waals surface area contributed by atoms with Crippen molar-refractivity contribution in [3.05, 3.63) is 59.7 Å². The van der Waals surface area contributed by atoms with Gasteiger partial charge < -0.3 is 15.8 Å². The first-order valence-electron chi connectivity index (χ1n) is 9.34. The highest BCUT2D eigenvalue weighted by Gasteiger charge is 2.48. The number of fused-ring (bicyclic) bond motifs is 3. The van der Waals surface area contributed by atoms with Crippen molar-refractivity contribution in [2.24, 2.45) is 17.1 Å². The fourth-order valence-electron chi connectivity index (χ4n) is 4.44. The monoisotopic (exact) mass is 386 g/mol. The molecule has 0 spiro atoms. The van der Waals surface area contributed by atoms with Crippen LogP contribution in [0.2, 0.25) is 0 Å². The van der Waals surface area contributed by atoms with E-state index in [4.69, 9.17) is 10.5 Å². The summed E-state index contributed by atoms with van der Waals surface area (Å²) in [5.74, 6) is 0.556. The number of benzene rings is 2. The summed E-state index contributed by atoms with van der Waals surface area (Å²) in [4.78, 5) is 12.3. The predicted molar refractivity (Wildman–Crippen MR) is 110 cm³/mol. The molecule has 2 aromatic rings. The molecular weight excluding hydrogens is 360 g/mol. The van der Waals surface area contributed by atoms with Gasteiger partial charge in [0.25, 0.3) is 0 Å². The Hall–Kier alpha value is -2.04. The maximum Gasteiger partial charge on any atom is 0.407 e. The molecule has 0 bridgehead atoms. The summed E-state index contributed by atoms with van der Waals surface area (Å²) in [6.45, 7) is 5.33. The molecule has 3 N–H and O–H groups in total. The standard InChI is InChI=1S/C22H26N2O2.ClH/c1-22(2)14(12-23)11-20(22)24-21(25)26-13-19-17-9-5-3-7-15(17)16-8-4-6-10-18(16)19;/h3-10,14,19-20H,11-13,23H2,1-2H3,(H,24,25);1H/t14-,20-;/m1./s1. The first-order valence-corrected chi connectivity index (χ1v) is 9.34. The minimum atomic E-state index is -0.333. The summed E-state index contributed by atoms with van der Waals surface area (Å²) >= 11 is 0. The quantitative estimate of drug-likeness (QED) is 0.822. The molecule has 4 nitrogen and oxygen atoms in total. The Bertz CT molecular complexity index is 791. The minimum absolute atomic E-state index is 0. The van der Waals surface area contributed by atoms with Crippen LogP contribution in [-0.2, 0) is 4.74 Å². The van der Waals surface area contributed by atoms with Gasteiger partial charge in [0.1, 0.15) is 6.61 Å². The van der Waals surface area contributed by atoms with Crippen molar-refractivity contribution in [2.45, 2.75) is 32.2 Å². The molecule has 2 atom stereocenters. The van der Waals surface area contributed by atoms with Gasteiger partial charge in [0.05, 0.1) is 0 Å². The lowest BCUT2D eigenvalue weighted by Gasteiger charge is -2.51. The Morgan fingerprint density at radius 2 is 1.67 bits per heavy atom. The van der Waals surface area contributed by atoms with E-state index in [1.165, 1.54) is 22.3 Å². The minimum Gasteiger partial charge on any atom is -0.449 e. The van der Waals surface area contributed by atoms with Crippen molar-refractivity contribution >= 4 is 18.5 Å². The highest BCUT2D eigenvalue weighted by atomic mass is 35.5. The van der Waals surface area contributed by atoms with E-state index in [1.807, 2.05) is 12.1 Å². The molecule has 2 aliphatic rings.